The summed E-state index contributed by atoms with van der Waals surface area (Å²) in [5.74, 6) is -0.163. The molecule has 6 nitrogen and oxygen atoms in total. The molecule has 3 heterocycles. The van der Waals surface area contributed by atoms with Gasteiger partial charge in [0.25, 0.3) is 5.91 Å². The van der Waals surface area contributed by atoms with Gasteiger partial charge >= 0.3 is 6.18 Å². The molecule has 0 aliphatic carbocycles. The maximum absolute atomic E-state index is 12.3. The van der Waals surface area contributed by atoms with Crippen molar-refractivity contribution in [3.63, 3.8) is 0 Å². The molecular weight excluding hydrogens is 427 g/mol. The molecule has 0 spiro atoms. The average Bonchev–Trinajstić information content (AvgIpc) is 3.21. The second-order valence-corrected chi connectivity index (χ2v) is 7.79. The largest absolute Gasteiger partial charge is 0.405 e. The minimum Gasteiger partial charge on any atom is -0.343 e. The third-order valence-corrected chi connectivity index (χ3v) is 5.34. The third-order valence-electron chi connectivity index (χ3n) is 4.38. The molecular formula is C21H16F3N5OS. The Hall–Kier alpha value is -3.53. The number of fused-ring (bicyclic) bond motifs is 1. The van der Waals surface area contributed by atoms with Crippen LogP contribution in [0.1, 0.15) is 15.9 Å². The number of hydrogen-bond donors (Lipinski definition) is 2. The van der Waals surface area contributed by atoms with Crippen molar-refractivity contribution in [3.8, 4) is 10.4 Å². The van der Waals surface area contributed by atoms with Gasteiger partial charge in [0.05, 0.1) is 16.0 Å². The van der Waals surface area contributed by atoms with Crippen LogP contribution in [0.2, 0.25) is 0 Å². The molecule has 0 radical (unpaired) electrons. The topological polar surface area (TPSA) is 79.8 Å². The van der Waals surface area contributed by atoms with Gasteiger partial charge in [-0.3, -0.25) is 9.78 Å². The van der Waals surface area contributed by atoms with Crippen molar-refractivity contribution in [2.24, 2.45) is 0 Å². The maximum atomic E-state index is 12.3. The summed E-state index contributed by atoms with van der Waals surface area (Å²) in [4.78, 5) is 25.6. The Morgan fingerprint density at radius 3 is 2.74 bits per heavy atom. The SMILES string of the molecule is Cc1cc2ccccc2nc1Nc1ncc(-c2cncc(C(=O)NCC(F)(F)F)c2)s1. The Labute approximate surface area is 179 Å². The molecule has 4 aromatic rings. The van der Waals surface area contributed by atoms with E-state index in [2.05, 4.69) is 20.3 Å². The Kier molecular flexibility index (Phi) is 5.55. The number of halogens is 3. The molecule has 0 saturated heterocycles. The average molecular weight is 443 g/mol. The number of hydrogen-bond acceptors (Lipinski definition) is 6. The molecule has 1 amide bonds. The molecule has 0 saturated carbocycles. The van der Waals surface area contributed by atoms with Gasteiger partial charge in [-0.25, -0.2) is 9.97 Å². The number of alkyl halides is 3. The molecule has 10 heteroatoms. The molecule has 0 fully saturated rings. The molecule has 0 aliphatic heterocycles. The fraction of sp³-hybridized carbons (Fsp3) is 0.143. The van der Waals surface area contributed by atoms with E-state index in [-0.39, 0.29) is 5.56 Å². The molecule has 158 valence electrons. The van der Waals surface area contributed by atoms with Crippen LogP contribution in [0.4, 0.5) is 24.1 Å². The number of para-hydroxylation sites is 1. The highest BCUT2D eigenvalue weighted by Crippen LogP contribution is 2.31. The zero-order valence-electron chi connectivity index (χ0n) is 16.2. The van der Waals surface area contributed by atoms with E-state index in [1.54, 1.807) is 6.20 Å². The third kappa shape index (κ3) is 4.97. The number of anilines is 2. The smallest absolute Gasteiger partial charge is 0.343 e. The molecule has 0 aliphatic rings. The molecule has 1 aromatic carbocycles. The van der Waals surface area contributed by atoms with Crippen molar-refractivity contribution in [2.45, 2.75) is 13.1 Å². The van der Waals surface area contributed by atoms with Gasteiger partial charge in [0.1, 0.15) is 12.4 Å². The second kappa shape index (κ2) is 8.31. The Balaban J connectivity index is 1.53. The maximum Gasteiger partial charge on any atom is 0.405 e. The number of amides is 1. The number of carbonyl (C=O) groups is 1. The Morgan fingerprint density at radius 1 is 1.13 bits per heavy atom. The van der Waals surface area contributed by atoms with Gasteiger partial charge in [-0.15, -0.1) is 0 Å². The van der Waals surface area contributed by atoms with E-state index in [1.807, 2.05) is 42.6 Å². The summed E-state index contributed by atoms with van der Waals surface area (Å²) in [5.41, 5.74) is 2.43. The number of thiazole rings is 1. The number of rotatable bonds is 5. The molecule has 2 N–H and O–H groups in total. The van der Waals surface area contributed by atoms with Crippen LogP contribution in [0.25, 0.3) is 21.3 Å². The minimum atomic E-state index is -4.48. The van der Waals surface area contributed by atoms with Gasteiger partial charge < -0.3 is 10.6 Å². The molecule has 0 atom stereocenters. The van der Waals surface area contributed by atoms with Crippen LogP contribution in [0.5, 0.6) is 0 Å². The molecule has 4 rings (SSSR count). The van der Waals surface area contributed by atoms with Crippen molar-refractivity contribution in [2.75, 3.05) is 11.9 Å². The number of nitrogens with zero attached hydrogens (tertiary/aromatic N) is 3. The van der Waals surface area contributed by atoms with Crippen LogP contribution < -0.4 is 10.6 Å². The first-order valence-electron chi connectivity index (χ1n) is 9.18. The van der Waals surface area contributed by atoms with Crippen LogP contribution in [0.3, 0.4) is 0 Å². The highest BCUT2D eigenvalue weighted by atomic mass is 32.1. The van der Waals surface area contributed by atoms with Crippen LogP contribution >= 0.6 is 11.3 Å². The van der Waals surface area contributed by atoms with E-state index in [9.17, 15) is 18.0 Å². The predicted molar refractivity (Wildman–Crippen MR) is 113 cm³/mol. The van der Waals surface area contributed by atoms with Crippen LogP contribution in [0.15, 0.2) is 55.0 Å². The normalized spacial score (nSPS) is 11.5. The van der Waals surface area contributed by atoms with Gasteiger partial charge in [-0.05, 0) is 30.7 Å². The molecule has 3 aromatic heterocycles. The van der Waals surface area contributed by atoms with E-state index in [0.29, 0.717) is 21.4 Å². The fourth-order valence-electron chi connectivity index (χ4n) is 2.90. The molecule has 0 bridgehead atoms. The lowest BCUT2D eigenvalue weighted by Gasteiger charge is -2.08. The Morgan fingerprint density at radius 2 is 1.94 bits per heavy atom. The summed E-state index contributed by atoms with van der Waals surface area (Å²) < 4.78 is 37.0. The van der Waals surface area contributed by atoms with Gasteiger partial charge in [0.2, 0.25) is 0 Å². The monoisotopic (exact) mass is 443 g/mol. The van der Waals surface area contributed by atoms with Crippen molar-refractivity contribution in [3.05, 3.63) is 66.1 Å². The zero-order valence-corrected chi connectivity index (χ0v) is 17.0. The summed E-state index contributed by atoms with van der Waals surface area (Å²) in [6, 6.07) is 11.3. The van der Waals surface area contributed by atoms with Crippen molar-refractivity contribution < 1.29 is 18.0 Å². The van der Waals surface area contributed by atoms with Crippen LogP contribution in [-0.2, 0) is 0 Å². The lowest BCUT2D eigenvalue weighted by atomic mass is 10.1. The summed E-state index contributed by atoms with van der Waals surface area (Å²) in [7, 11) is 0. The number of carbonyl (C=O) groups excluding carboxylic acids is 1. The first kappa shape index (κ1) is 20.7. The number of aryl methyl sites for hydroxylation is 1. The van der Waals surface area contributed by atoms with Gasteiger partial charge in [-0.2, -0.15) is 13.2 Å². The van der Waals surface area contributed by atoms with Gasteiger partial charge in [0, 0.05) is 29.5 Å². The number of nitrogens with one attached hydrogen (secondary N) is 2. The van der Waals surface area contributed by atoms with E-state index < -0.39 is 18.6 Å². The number of aromatic nitrogens is 3. The number of benzene rings is 1. The van der Waals surface area contributed by atoms with E-state index in [1.165, 1.54) is 29.8 Å². The second-order valence-electron chi connectivity index (χ2n) is 6.76. The summed E-state index contributed by atoms with van der Waals surface area (Å²) >= 11 is 1.32. The zero-order chi connectivity index (χ0) is 22.0. The predicted octanol–water partition coefficient (Wildman–Crippen LogP) is 5.10. The summed E-state index contributed by atoms with van der Waals surface area (Å²) in [6.07, 6.45) is -0.124. The molecule has 0 unspecified atom stereocenters. The highest BCUT2D eigenvalue weighted by molar-refractivity contribution is 7.18. The van der Waals surface area contributed by atoms with E-state index >= 15 is 0 Å². The van der Waals surface area contributed by atoms with Gasteiger partial charge in [-0.1, -0.05) is 29.5 Å². The standard InChI is InChI=1S/C21H16F3N5OS/c1-12-6-13-4-2-3-5-16(13)28-18(12)29-20-26-10-17(31-20)14-7-15(9-25-8-14)19(30)27-11-21(22,23)24/h2-10H,11H2,1H3,(H,27,30)(H,26,28,29). The van der Waals surface area contributed by atoms with E-state index in [4.69, 9.17) is 0 Å². The van der Waals surface area contributed by atoms with Crippen molar-refractivity contribution in [1.82, 2.24) is 20.3 Å². The van der Waals surface area contributed by atoms with Crippen LogP contribution in [-0.4, -0.2) is 33.6 Å². The summed E-state index contributed by atoms with van der Waals surface area (Å²) in [5, 5.41) is 6.67. The number of pyridine rings is 2. The van der Waals surface area contributed by atoms with Crippen LogP contribution in [0, 0.1) is 6.92 Å². The summed E-state index contributed by atoms with van der Waals surface area (Å²) in [6.45, 7) is 0.548. The quantitative estimate of drug-likeness (QED) is 0.449. The van der Waals surface area contributed by atoms with E-state index in [0.717, 1.165) is 16.5 Å². The first-order chi connectivity index (χ1) is 14.8. The molecule has 31 heavy (non-hydrogen) atoms. The fourth-order valence-corrected chi connectivity index (χ4v) is 3.69. The highest BCUT2D eigenvalue weighted by Gasteiger charge is 2.28. The lowest BCUT2D eigenvalue weighted by molar-refractivity contribution is -0.123. The first-order valence-corrected chi connectivity index (χ1v) is 10.00. The lowest BCUT2D eigenvalue weighted by Crippen LogP contribution is -2.33. The van der Waals surface area contributed by atoms with Gasteiger partial charge in [0.15, 0.2) is 5.13 Å². The van der Waals surface area contributed by atoms with Crippen molar-refractivity contribution in [1.29, 1.82) is 0 Å². The van der Waals surface area contributed by atoms with Crippen molar-refractivity contribution >= 4 is 39.1 Å². The Bertz CT molecular complexity index is 1260. The minimum absolute atomic E-state index is 0.0386.